The summed E-state index contributed by atoms with van der Waals surface area (Å²) in [5, 5.41) is 2.97. The number of ether oxygens (including phenoxy) is 2. The smallest absolute Gasteiger partial charge is 0.329 e. The van der Waals surface area contributed by atoms with Crippen LogP contribution in [0.4, 0.5) is 10.5 Å². The summed E-state index contributed by atoms with van der Waals surface area (Å²) in [6, 6.07) is 8.53. The number of likely N-dealkylation sites (N-methyl/N-ethyl adjacent to an activating group) is 1. The molecule has 0 aliphatic carbocycles. The molecule has 2 atom stereocenters. The number of rotatable bonds is 4. The Hall–Kier alpha value is -3.13. The van der Waals surface area contributed by atoms with Gasteiger partial charge in [0.15, 0.2) is 0 Å². The maximum absolute atomic E-state index is 13.5. The lowest BCUT2D eigenvalue weighted by molar-refractivity contribution is -0.122. The van der Waals surface area contributed by atoms with Crippen LogP contribution in [0, 0.1) is 0 Å². The van der Waals surface area contributed by atoms with E-state index in [4.69, 9.17) is 9.47 Å². The number of amides is 3. The average Bonchev–Trinajstić information content (AvgIpc) is 3.17. The van der Waals surface area contributed by atoms with Crippen molar-refractivity contribution in [2.24, 2.45) is 0 Å². The van der Waals surface area contributed by atoms with Gasteiger partial charge in [-0.15, -0.1) is 0 Å². The molecule has 2 fully saturated rings. The molecule has 1 N–H and O–H groups in total. The van der Waals surface area contributed by atoms with Gasteiger partial charge >= 0.3 is 6.03 Å². The predicted molar refractivity (Wildman–Crippen MR) is 103 cm³/mol. The minimum absolute atomic E-state index is 0.250. The molecule has 1 aromatic carbocycles. The Morgan fingerprint density at radius 1 is 1.18 bits per heavy atom. The van der Waals surface area contributed by atoms with Crippen molar-refractivity contribution in [3.05, 3.63) is 48.3 Å². The first-order chi connectivity index (χ1) is 13.5. The van der Waals surface area contributed by atoms with Gasteiger partial charge in [0.2, 0.25) is 0 Å². The number of methoxy groups -OCH3 is 2. The molecule has 1 spiro atoms. The summed E-state index contributed by atoms with van der Waals surface area (Å²) in [6.07, 6.45) is 3.12. The van der Waals surface area contributed by atoms with Crippen LogP contribution >= 0.6 is 0 Å². The SMILES string of the molecule is COc1cc(OC)cc([C@@H]2CN(C)C[C@]23NC(=O)N(c2cccnc2)C3=O)c1. The normalized spacial score (nSPS) is 24.7. The second-order valence-electron chi connectivity index (χ2n) is 7.15. The number of nitrogens with zero attached hydrogens (tertiary/aromatic N) is 3. The van der Waals surface area contributed by atoms with Gasteiger partial charge in [-0.2, -0.15) is 0 Å². The van der Waals surface area contributed by atoms with Crippen molar-refractivity contribution in [3.8, 4) is 11.5 Å². The number of imide groups is 1. The van der Waals surface area contributed by atoms with Gasteiger partial charge in [-0.25, -0.2) is 9.69 Å². The van der Waals surface area contributed by atoms with Gasteiger partial charge in [0.25, 0.3) is 5.91 Å². The number of carbonyl (C=O) groups is 2. The molecule has 8 heteroatoms. The molecule has 3 amide bonds. The summed E-state index contributed by atoms with van der Waals surface area (Å²) in [7, 11) is 5.11. The van der Waals surface area contributed by atoms with Crippen molar-refractivity contribution in [2.75, 3.05) is 39.3 Å². The lowest BCUT2D eigenvalue weighted by atomic mass is 9.81. The van der Waals surface area contributed by atoms with E-state index in [-0.39, 0.29) is 11.8 Å². The third-order valence-electron chi connectivity index (χ3n) is 5.41. The minimum atomic E-state index is -1.06. The van der Waals surface area contributed by atoms with E-state index in [1.807, 2.05) is 24.1 Å². The number of urea groups is 1. The van der Waals surface area contributed by atoms with Crippen LogP contribution in [-0.2, 0) is 4.79 Å². The van der Waals surface area contributed by atoms with E-state index >= 15 is 0 Å². The van der Waals surface area contributed by atoms with Crippen molar-refractivity contribution < 1.29 is 19.1 Å². The van der Waals surface area contributed by atoms with Crippen LogP contribution in [0.2, 0.25) is 0 Å². The molecule has 0 bridgehead atoms. The van der Waals surface area contributed by atoms with Gasteiger partial charge in [0, 0.05) is 31.3 Å². The summed E-state index contributed by atoms with van der Waals surface area (Å²) in [4.78, 5) is 33.5. The van der Waals surface area contributed by atoms with Crippen LogP contribution in [0.3, 0.4) is 0 Å². The van der Waals surface area contributed by atoms with Crippen LogP contribution in [0.15, 0.2) is 42.7 Å². The molecule has 28 heavy (non-hydrogen) atoms. The zero-order chi connectivity index (χ0) is 19.9. The molecule has 4 rings (SSSR count). The first-order valence-corrected chi connectivity index (χ1v) is 8.97. The van der Waals surface area contributed by atoms with Crippen molar-refractivity contribution in [3.63, 3.8) is 0 Å². The molecule has 2 saturated heterocycles. The fourth-order valence-electron chi connectivity index (χ4n) is 4.14. The lowest BCUT2D eigenvalue weighted by Gasteiger charge is -2.28. The Morgan fingerprint density at radius 2 is 1.89 bits per heavy atom. The summed E-state index contributed by atoms with van der Waals surface area (Å²) in [5.74, 6) is 0.751. The van der Waals surface area contributed by atoms with E-state index in [0.29, 0.717) is 30.3 Å². The van der Waals surface area contributed by atoms with E-state index in [0.717, 1.165) is 5.56 Å². The quantitative estimate of drug-likeness (QED) is 0.809. The van der Waals surface area contributed by atoms with E-state index < -0.39 is 11.6 Å². The Morgan fingerprint density at radius 3 is 2.50 bits per heavy atom. The maximum Gasteiger partial charge on any atom is 0.329 e. The lowest BCUT2D eigenvalue weighted by Crippen LogP contribution is -2.52. The van der Waals surface area contributed by atoms with Crippen LogP contribution in [-0.4, -0.2) is 61.7 Å². The molecule has 0 saturated carbocycles. The number of nitrogens with one attached hydrogen (secondary N) is 1. The van der Waals surface area contributed by atoms with E-state index in [1.54, 1.807) is 38.6 Å². The number of anilines is 1. The fourth-order valence-corrected chi connectivity index (χ4v) is 4.14. The molecule has 2 aliphatic heterocycles. The number of hydrogen-bond donors (Lipinski definition) is 1. The fraction of sp³-hybridized carbons (Fsp3) is 0.350. The molecule has 146 valence electrons. The van der Waals surface area contributed by atoms with Crippen molar-refractivity contribution >= 4 is 17.6 Å². The van der Waals surface area contributed by atoms with Crippen molar-refractivity contribution in [2.45, 2.75) is 11.5 Å². The summed E-state index contributed by atoms with van der Waals surface area (Å²) in [5.41, 5.74) is 0.277. The molecule has 8 nitrogen and oxygen atoms in total. The first-order valence-electron chi connectivity index (χ1n) is 8.97. The standard InChI is InChI=1S/C20H22N4O4/c1-23-11-17(13-7-15(27-2)9-16(8-13)28-3)20(12-23)18(25)24(19(26)22-20)14-5-4-6-21-10-14/h4-10,17H,11-12H2,1-3H3,(H,22,26)/t17-,20-/m0/s1. The zero-order valence-electron chi connectivity index (χ0n) is 16.0. The number of benzene rings is 1. The Kier molecular flexibility index (Phi) is 4.43. The second-order valence-corrected chi connectivity index (χ2v) is 7.15. The first kappa shape index (κ1) is 18.2. The van der Waals surface area contributed by atoms with E-state index in [2.05, 4.69) is 10.3 Å². The van der Waals surface area contributed by atoms with Gasteiger partial charge < -0.3 is 19.7 Å². The van der Waals surface area contributed by atoms with E-state index in [9.17, 15) is 9.59 Å². The van der Waals surface area contributed by atoms with E-state index in [1.165, 1.54) is 11.1 Å². The predicted octanol–water partition coefficient (Wildman–Crippen LogP) is 1.62. The van der Waals surface area contributed by atoms with Crippen LogP contribution in [0.25, 0.3) is 0 Å². The van der Waals surface area contributed by atoms with Gasteiger partial charge in [-0.05, 0) is 36.9 Å². The monoisotopic (exact) mass is 382 g/mol. The summed E-state index contributed by atoms with van der Waals surface area (Å²) >= 11 is 0. The summed E-state index contributed by atoms with van der Waals surface area (Å²) in [6.45, 7) is 1.03. The number of carbonyl (C=O) groups excluding carboxylic acids is 2. The highest BCUT2D eigenvalue weighted by atomic mass is 16.5. The zero-order valence-corrected chi connectivity index (χ0v) is 16.0. The average molecular weight is 382 g/mol. The van der Waals surface area contributed by atoms with Gasteiger partial charge in [0.05, 0.1) is 26.1 Å². The number of pyridine rings is 1. The third-order valence-corrected chi connectivity index (χ3v) is 5.41. The van der Waals surface area contributed by atoms with Crippen molar-refractivity contribution in [1.29, 1.82) is 0 Å². The highest BCUT2D eigenvalue weighted by Gasteiger charge is 2.60. The third kappa shape index (κ3) is 2.77. The largest absolute Gasteiger partial charge is 0.497 e. The molecule has 0 radical (unpaired) electrons. The van der Waals surface area contributed by atoms with Crippen LogP contribution in [0.1, 0.15) is 11.5 Å². The molecule has 2 aromatic rings. The highest BCUT2D eigenvalue weighted by molar-refractivity contribution is 6.24. The number of hydrogen-bond acceptors (Lipinski definition) is 6. The van der Waals surface area contributed by atoms with Crippen molar-refractivity contribution in [1.82, 2.24) is 15.2 Å². The Balaban J connectivity index is 1.78. The molecular formula is C20H22N4O4. The van der Waals surface area contributed by atoms with Crippen LogP contribution < -0.4 is 19.7 Å². The molecule has 2 aliphatic rings. The van der Waals surface area contributed by atoms with Crippen LogP contribution in [0.5, 0.6) is 11.5 Å². The summed E-state index contributed by atoms with van der Waals surface area (Å²) < 4.78 is 10.8. The molecular weight excluding hydrogens is 360 g/mol. The van der Waals surface area contributed by atoms with Gasteiger partial charge in [-0.1, -0.05) is 0 Å². The Labute approximate surface area is 163 Å². The molecule has 3 heterocycles. The highest BCUT2D eigenvalue weighted by Crippen LogP contribution is 2.42. The maximum atomic E-state index is 13.5. The second kappa shape index (κ2) is 6.79. The topological polar surface area (TPSA) is 84.0 Å². The molecule has 0 unspecified atom stereocenters. The minimum Gasteiger partial charge on any atom is -0.497 e. The number of likely N-dealkylation sites (tertiary alicyclic amines) is 1. The van der Waals surface area contributed by atoms with Gasteiger partial charge in [-0.3, -0.25) is 9.78 Å². The Bertz CT molecular complexity index is 897. The van der Waals surface area contributed by atoms with Gasteiger partial charge in [0.1, 0.15) is 17.0 Å². The number of aromatic nitrogens is 1. The molecule has 1 aromatic heterocycles.